The Kier molecular flexibility index (Phi) is 7.26. The van der Waals surface area contributed by atoms with Gasteiger partial charge in [0.2, 0.25) is 0 Å². The van der Waals surface area contributed by atoms with Crippen molar-refractivity contribution in [3.8, 4) is 5.75 Å². The molecule has 0 fully saturated rings. The van der Waals surface area contributed by atoms with Gasteiger partial charge in [-0.2, -0.15) is 5.10 Å². The van der Waals surface area contributed by atoms with Gasteiger partial charge >= 0.3 is 5.97 Å². The number of nitrogens with one attached hydrogen (secondary N) is 2. The first-order chi connectivity index (χ1) is 15.0. The summed E-state index contributed by atoms with van der Waals surface area (Å²) in [5, 5.41) is 6.40. The maximum absolute atomic E-state index is 12.0. The molecule has 0 bridgehead atoms. The molecule has 3 aromatic carbocycles. The molecule has 7 heteroatoms. The third kappa shape index (κ3) is 6.64. The van der Waals surface area contributed by atoms with Crippen LogP contribution >= 0.6 is 0 Å². The van der Waals surface area contributed by atoms with E-state index in [2.05, 4.69) is 15.8 Å². The highest BCUT2D eigenvalue weighted by atomic mass is 16.5. The van der Waals surface area contributed by atoms with E-state index in [-0.39, 0.29) is 12.5 Å². The van der Waals surface area contributed by atoms with Gasteiger partial charge in [-0.05, 0) is 61.0 Å². The lowest BCUT2D eigenvalue weighted by Gasteiger charge is -2.05. The average Bonchev–Trinajstić information content (AvgIpc) is 2.79. The van der Waals surface area contributed by atoms with Crippen LogP contribution in [0, 0.1) is 6.92 Å². The molecule has 0 aromatic heterocycles. The van der Waals surface area contributed by atoms with E-state index in [1.54, 1.807) is 66.7 Å². The number of amides is 2. The third-order valence-corrected chi connectivity index (χ3v) is 4.19. The van der Waals surface area contributed by atoms with Gasteiger partial charge < -0.3 is 10.1 Å². The number of rotatable bonds is 7. The van der Waals surface area contributed by atoms with E-state index in [9.17, 15) is 14.4 Å². The summed E-state index contributed by atoms with van der Waals surface area (Å²) in [6, 6.07) is 22.4. The maximum atomic E-state index is 12.0. The lowest BCUT2D eigenvalue weighted by atomic mass is 10.1. The van der Waals surface area contributed by atoms with Crippen molar-refractivity contribution in [2.75, 3.05) is 6.54 Å². The van der Waals surface area contributed by atoms with E-state index in [4.69, 9.17) is 4.74 Å². The topological polar surface area (TPSA) is 96.9 Å². The predicted octanol–water partition coefficient (Wildman–Crippen LogP) is 3.09. The van der Waals surface area contributed by atoms with Crippen molar-refractivity contribution in [1.82, 2.24) is 10.7 Å². The Morgan fingerprint density at radius 3 is 2.32 bits per heavy atom. The molecule has 0 aliphatic carbocycles. The highest BCUT2D eigenvalue weighted by Crippen LogP contribution is 2.13. The van der Waals surface area contributed by atoms with Crippen LogP contribution in [-0.4, -0.2) is 30.5 Å². The zero-order valence-corrected chi connectivity index (χ0v) is 16.9. The van der Waals surface area contributed by atoms with Crippen LogP contribution in [0.4, 0.5) is 0 Å². The summed E-state index contributed by atoms with van der Waals surface area (Å²) in [5.74, 6) is -0.829. The van der Waals surface area contributed by atoms with Gasteiger partial charge in [-0.3, -0.25) is 9.59 Å². The Morgan fingerprint density at radius 1 is 0.903 bits per heavy atom. The van der Waals surface area contributed by atoms with Gasteiger partial charge in [0.15, 0.2) is 0 Å². The highest BCUT2D eigenvalue weighted by molar-refractivity contribution is 5.96. The molecule has 0 aliphatic heterocycles. The van der Waals surface area contributed by atoms with Gasteiger partial charge in [-0.15, -0.1) is 0 Å². The minimum absolute atomic E-state index is 0.196. The Bertz CT molecular complexity index is 1090. The molecule has 0 unspecified atom stereocenters. The summed E-state index contributed by atoms with van der Waals surface area (Å²) < 4.78 is 5.30. The van der Waals surface area contributed by atoms with E-state index >= 15 is 0 Å². The SMILES string of the molecule is Cc1cccc(C(=O)NCC(=O)N/N=C\c2ccc(OC(=O)c3ccccc3)cc2)c1. The first kappa shape index (κ1) is 21.4. The highest BCUT2D eigenvalue weighted by Gasteiger charge is 2.08. The maximum Gasteiger partial charge on any atom is 0.343 e. The van der Waals surface area contributed by atoms with Gasteiger partial charge in [0.25, 0.3) is 11.8 Å². The molecule has 0 spiro atoms. The number of benzene rings is 3. The van der Waals surface area contributed by atoms with Gasteiger partial charge in [0.05, 0.1) is 18.3 Å². The van der Waals surface area contributed by atoms with Crippen molar-refractivity contribution in [3.63, 3.8) is 0 Å². The van der Waals surface area contributed by atoms with E-state index in [0.717, 1.165) is 5.56 Å². The number of hydrogen-bond acceptors (Lipinski definition) is 5. The predicted molar refractivity (Wildman–Crippen MR) is 117 cm³/mol. The van der Waals surface area contributed by atoms with Gasteiger partial charge in [0, 0.05) is 5.56 Å². The summed E-state index contributed by atoms with van der Waals surface area (Å²) in [6.07, 6.45) is 1.45. The zero-order chi connectivity index (χ0) is 22.1. The molecule has 31 heavy (non-hydrogen) atoms. The number of aryl methyl sites for hydroxylation is 1. The van der Waals surface area contributed by atoms with Crippen molar-refractivity contribution < 1.29 is 19.1 Å². The largest absolute Gasteiger partial charge is 0.423 e. The normalized spacial score (nSPS) is 10.5. The van der Waals surface area contributed by atoms with Crippen molar-refractivity contribution in [3.05, 3.63) is 101 Å². The second kappa shape index (κ2) is 10.5. The molecular weight excluding hydrogens is 394 g/mol. The van der Waals surface area contributed by atoms with Crippen molar-refractivity contribution >= 4 is 24.0 Å². The zero-order valence-electron chi connectivity index (χ0n) is 16.9. The Morgan fingerprint density at radius 2 is 1.61 bits per heavy atom. The summed E-state index contributed by atoms with van der Waals surface area (Å²) in [5.41, 5.74) is 4.96. The fourth-order valence-corrected chi connectivity index (χ4v) is 2.63. The van der Waals surface area contributed by atoms with Crippen LogP contribution in [0.2, 0.25) is 0 Å². The number of ether oxygens (including phenoxy) is 1. The molecule has 156 valence electrons. The Balaban J connectivity index is 1.44. The molecule has 0 saturated heterocycles. The lowest BCUT2D eigenvalue weighted by molar-refractivity contribution is -0.120. The molecule has 7 nitrogen and oxygen atoms in total. The Hall–Kier alpha value is -4.26. The molecule has 2 amide bonds. The summed E-state index contributed by atoms with van der Waals surface area (Å²) in [4.78, 5) is 35.9. The number of esters is 1. The third-order valence-electron chi connectivity index (χ3n) is 4.19. The second-order valence-electron chi connectivity index (χ2n) is 6.67. The van der Waals surface area contributed by atoms with E-state index in [1.165, 1.54) is 6.21 Å². The van der Waals surface area contributed by atoms with Crippen molar-refractivity contribution in [2.45, 2.75) is 6.92 Å². The molecule has 3 rings (SSSR count). The molecule has 0 heterocycles. The van der Waals surface area contributed by atoms with Crippen LogP contribution in [0.5, 0.6) is 5.75 Å². The van der Waals surface area contributed by atoms with Crippen LogP contribution in [-0.2, 0) is 4.79 Å². The summed E-state index contributed by atoms with van der Waals surface area (Å²) >= 11 is 0. The van der Waals surface area contributed by atoms with Crippen LogP contribution < -0.4 is 15.5 Å². The standard InChI is InChI=1S/C24H21N3O4/c1-17-6-5-9-20(14-17)23(29)25-16-22(28)27-26-15-18-10-12-21(13-11-18)31-24(30)19-7-3-2-4-8-19/h2-15H,16H2,1H3,(H,25,29)(H,27,28)/b26-15-. The van der Waals surface area contributed by atoms with Crippen molar-refractivity contribution in [2.24, 2.45) is 5.10 Å². The number of nitrogens with zero attached hydrogens (tertiary/aromatic N) is 1. The molecule has 3 aromatic rings. The number of carbonyl (C=O) groups is 3. The number of carbonyl (C=O) groups excluding carboxylic acids is 3. The molecule has 0 radical (unpaired) electrons. The van der Waals surface area contributed by atoms with Gasteiger partial charge in [-0.1, -0.05) is 35.9 Å². The van der Waals surface area contributed by atoms with Crippen LogP contribution in [0.1, 0.15) is 31.8 Å². The Labute approximate surface area is 179 Å². The van der Waals surface area contributed by atoms with Crippen LogP contribution in [0.25, 0.3) is 0 Å². The van der Waals surface area contributed by atoms with Crippen LogP contribution in [0.15, 0.2) is 84.0 Å². The summed E-state index contributed by atoms with van der Waals surface area (Å²) in [7, 11) is 0. The minimum Gasteiger partial charge on any atom is -0.423 e. The first-order valence-electron chi connectivity index (χ1n) is 9.55. The molecule has 0 atom stereocenters. The van der Waals surface area contributed by atoms with Gasteiger partial charge in [0.1, 0.15) is 5.75 Å². The lowest BCUT2D eigenvalue weighted by Crippen LogP contribution is -2.34. The monoisotopic (exact) mass is 415 g/mol. The fraction of sp³-hybridized carbons (Fsp3) is 0.0833. The average molecular weight is 415 g/mol. The second-order valence-corrected chi connectivity index (χ2v) is 6.67. The molecule has 0 aliphatic rings. The summed E-state index contributed by atoms with van der Waals surface area (Å²) in [6.45, 7) is 1.69. The van der Waals surface area contributed by atoms with Gasteiger partial charge in [-0.25, -0.2) is 10.2 Å². The number of hydrazone groups is 1. The minimum atomic E-state index is -0.453. The molecule has 2 N–H and O–H groups in total. The quantitative estimate of drug-likeness (QED) is 0.268. The van der Waals surface area contributed by atoms with E-state index in [1.807, 2.05) is 19.1 Å². The van der Waals surface area contributed by atoms with E-state index < -0.39 is 11.9 Å². The smallest absolute Gasteiger partial charge is 0.343 e. The molecule has 0 saturated carbocycles. The van der Waals surface area contributed by atoms with Crippen LogP contribution in [0.3, 0.4) is 0 Å². The first-order valence-corrected chi connectivity index (χ1v) is 9.55. The van der Waals surface area contributed by atoms with Crippen molar-refractivity contribution in [1.29, 1.82) is 0 Å². The molecular formula is C24H21N3O4. The number of hydrogen-bond donors (Lipinski definition) is 2. The fourth-order valence-electron chi connectivity index (χ4n) is 2.63. The van der Waals surface area contributed by atoms with E-state index in [0.29, 0.717) is 22.4 Å².